The Morgan fingerprint density at radius 1 is 1.50 bits per heavy atom. The highest BCUT2D eigenvalue weighted by molar-refractivity contribution is 5.93. The van der Waals surface area contributed by atoms with Crippen molar-refractivity contribution >= 4 is 11.9 Å². The molecular weight excluding hydrogens is 264 g/mol. The molecule has 2 N–H and O–H groups in total. The quantitative estimate of drug-likeness (QED) is 0.828. The number of aromatic nitrogens is 3. The molecule has 0 saturated heterocycles. The number of carboxylic acids is 1. The van der Waals surface area contributed by atoms with Gasteiger partial charge in [-0.25, -0.2) is 4.98 Å². The minimum Gasteiger partial charge on any atom is -0.481 e. The van der Waals surface area contributed by atoms with Gasteiger partial charge in [-0.3, -0.25) is 14.3 Å². The third-order valence-corrected chi connectivity index (χ3v) is 2.59. The van der Waals surface area contributed by atoms with E-state index in [1.165, 1.54) is 0 Å². The number of aliphatic carboxylic acids is 1. The number of carbonyl (C=O) groups is 2. The molecule has 2 aromatic heterocycles. The SMILES string of the molecule is Cc1oc(-c2cnn(C)c2)nc1C(=O)NCCC(=O)O. The molecule has 0 fully saturated rings. The normalized spacial score (nSPS) is 10.5. The van der Waals surface area contributed by atoms with Crippen molar-refractivity contribution in [2.75, 3.05) is 6.54 Å². The summed E-state index contributed by atoms with van der Waals surface area (Å²) in [5.41, 5.74) is 0.814. The van der Waals surface area contributed by atoms with Crippen LogP contribution in [0.15, 0.2) is 16.8 Å². The molecule has 2 rings (SSSR count). The van der Waals surface area contributed by atoms with Gasteiger partial charge in [0.05, 0.1) is 18.2 Å². The van der Waals surface area contributed by atoms with E-state index in [-0.39, 0.29) is 18.7 Å². The largest absolute Gasteiger partial charge is 0.481 e. The van der Waals surface area contributed by atoms with Crippen molar-refractivity contribution < 1.29 is 19.1 Å². The van der Waals surface area contributed by atoms with Crippen LogP contribution in [0, 0.1) is 6.92 Å². The highest BCUT2D eigenvalue weighted by Crippen LogP contribution is 2.20. The Morgan fingerprint density at radius 3 is 2.85 bits per heavy atom. The zero-order valence-electron chi connectivity index (χ0n) is 11.1. The number of carbonyl (C=O) groups excluding carboxylic acids is 1. The highest BCUT2D eigenvalue weighted by Gasteiger charge is 2.18. The number of nitrogens with zero attached hydrogens (tertiary/aromatic N) is 3. The summed E-state index contributed by atoms with van der Waals surface area (Å²) in [7, 11) is 1.76. The third kappa shape index (κ3) is 3.02. The van der Waals surface area contributed by atoms with Gasteiger partial charge in [0.25, 0.3) is 5.91 Å². The lowest BCUT2D eigenvalue weighted by Crippen LogP contribution is -2.26. The molecule has 2 aromatic rings. The van der Waals surface area contributed by atoms with Crippen molar-refractivity contribution in [2.45, 2.75) is 13.3 Å². The van der Waals surface area contributed by atoms with E-state index in [9.17, 15) is 9.59 Å². The summed E-state index contributed by atoms with van der Waals surface area (Å²) in [5, 5.41) is 15.0. The van der Waals surface area contributed by atoms with Crippen LogP contribution < -0.4 is 5.32 Å². The van der Waals surface area contributed by atoms with Gasteiger partial charge in [-0.2, -0.15) is 5.10 Å². The second kappa shape index (κ2) is 5.55. The molecular formula is C12H14N4O4. The Balaban J connectivity index is 2.11. The van der Waals surface area contributed by atoms with E-state index in [0.29, 0.717) is 17.2 Å². The molecule has 0 atom stereocenters. The molecule has 1 amide bonds. The van der Waals surface area contributed by atoms with Crippen LogP contribution in [0.2, 0.25) is 0 Å². The maximum absolute atomic E-state index is 11.8. The van der Waals surface area contributed by atoms with Gasteiger partial charge in [0.2, 0.25) is 5.89 Å². The van der Waals surface area contributed by atoms with Gasteiger partial charge in [-0.15, -0.1) is 0 Å². The van der Waals surface area contributed by atoms with E-state index in [1.54, 1.807) is 31.0 Å². The van der Waals surface area contributed by atoms with Gasteiger partial charge in [-0.1, -0.05) is 0 Å². The molecule has 8 heteroatoms. The van der Waals surface area contributed by atoms with Gasteiger partial charge in [0.1, 0.15) is 5.76 Å². The minimum atomic E-state index is -0.974. The van der Waals surface area contributed by atoms with Gasteiger partial charge < -0.3 is 14.8 Å². The van der Waals surface area contributed by atoms with Gasteiger partial charge in [0.15, 0.2) is 5.69 Å². The highest BCUT2D eigenvalue weighted by atomic mass is 16.4. The van der Waals surface area contributed by atoms with E-state index in [2.05, 4.69) is 15.4 Å². The molecule has 0 aliphatic rings. The van der Waals surface area contributed by atoms with Crippen LogP contribution in [0.1, 0.15) is 22.7 Å². The topological polar surface area (TPSA) is 110 Å². The zero-order chi connectivity index (χ0) is 14.7. The van der Waals surface area contributed by atoms with Crippen molar-refractivity contribution in [2.24, 2.45) is 7.05 Å². The minimum absolute atomic E-state index is 0.0443. The molecule has 0 radical (unpaired) electrons. The molecule has 2 heterocycles. The van der Waals surface area contributed by atoms with Gasteiger partial charge in [0, 0.05) is 19.8 Å². The van der Waals surface area contributed by atoms with Crippen LogP contribution in [0.25, 0.3) is 11.5 Å². The Hall–Kier alpha value is -2.64. The van der Waals surface area contributed by atoms with E-state index < -0.39 is 11.9 Å². The smallest absolute Gasteiger partial charge is 0.305 e. The number of hydrogen-bond donors (Lipinski definition) is 2. The lowest BCUT2D eigenvalue weighted by atomic mass is 10.3. The average Bonchev–Trinajstić information content (AvgIpc) is 2.95. The third-order valence-electron chi connectivity index (χ3n) is 2.59. The van der Waals surface area contributed by atoms with E-state index in [4.69, 9.17) is 9.52 Å². The first-order valence-electron chi connectivity index (χ1n) is 5.94. The molecule has 0 aliphatic heterocycles. The molecule has 0 aliphatic carbocycles. The number of oxazole rings is 1. The van der Waals surface area contributed by atoms with Crippen LogP contribution in [-0.2, 0) is 11.8 Å². The first-order valence-corrected chi connectivity index (χ1v) is 5.94. The van der Waals surface area contributed by atoms with Crippen molar-refractivity contribution in [1.29, 1.82) is 0 Å². The number of aryl methyl sites for hydroxylation is 2. The standard InChI is InChI=1S/C12H14N4O4/c1-7-10(11(19)13-4-3-9(17)18)15-12(20-7)8-5-14-16(2)6-8/h5-6H,3-4H2,1-2H3,(H,13,19)(H,17,18). The Kier molecular flexibility index (Phi) is 3.83. The molecule has 0 spiro atoms. The summed E-state index contributed by atoms with van der Waals surface area (Å²) in [6, 6.07) is 0. The van der Waals surface area contributed by atoms with Crippen LogP contribution in [0.5, 0.6) is 0 Å². The lowest BCUT2D eigenvalue weighted by molar-refractivity contribution is -0.136. The molecule has 20 heavy (non-hydrogen) atoms. The fourth-order valence-corrected chi connectivity index (χ4v) is 1.63. The molecule has 106 valence electrons. The maximum Gasteiger partial charge on any atom is 0.305 e. The van der Waals surface area contributed by atoms with Crippen molar-refractivity contribution in [3.8, 4) is 11.5 Å². The first kappa shape index (κ1) is 13.8. The number of carboxylic acid groups (broad SMARTS) is 1. The predicted molar refractivity (Wildman–Crippen MR) is 68.0 cm³/mol. The van der Waals surface area contributed by atoms with Gasteiger partial charge >= 0.3 is 5.97 Å². The van der Waals surface area contributed by atoms with Crippen molar-refractivity contribution in [3.05, 3.63) is 23.8 Å². The Morgan fingerprint density at radius 2 is 2.25 bits per heavy atom. The molecule has 0 unspecified atom stereocenters. The maximum atomic E-state index is 11.8. The van der Waals surface area contributed by atoms with Crippen LogP contribution in [0.3, 0.4) is 0 Å². The molecule has 0 aromatic carbocycles. The summed E-state index contributed by atoms with van der Waals surface area (Å²) in [6.45, 7) is 1.67. The predicted octanol–water partition coefficient (Wildman–Crippen LogP) is 0.588. The average molecular weight is 278 g/mol. The van der Waals surface area contributed by atoms with Crippen molar-refractivity contribution in [1.82, 2.24) is 20.1 Å². The number of rotatable bonds is 5. The Bertz CT molecular complexity index is 644. The summed E-state index contributed by atoms with van der Waals surface area (Å²) >= 11 is 0. The monoisotopic (exact) mass is 278 g/mol. The van der Waals surface area contributed by atoms with E-state index >= 15 is 0 Å². The molecule has 0 saturated carbocycles. The van der Waals surface area contributed by atoms with Crippen LogP contribution in [0.4, 0.5) is 0 Å². The fourth-order valence-electron chi connectivity index (χ4n) is 1.63. The second-order valence-corrected chi connectivity index (χ2v) is 4.23. The van der Waals surface area contributed by atoms with Crippen LogP contribution >= 0.6 is 0 Å². The zero-order valence-corrected chi connectivity index (χ0v) is 11.1. The summed E-state index contributed by atoms with van der Waals surface area (Å²) < 4.78 is 7.02. The van der Waals surface area contributed by atoms with Crippen molar-refractivity contribution in [3.63, 3.8) is 0 Å². The first-order chi connectivity index (χ1) is 9.47. The second-order valence-electron chi connectivity index (χ2n) is 4.23. The Labute approximate surface area is 114 Å². The summed E-state index contributed by atoms with van der Waals surface area (Å²) in [4.78, 5) is 26.3. The van der Waals surface area contributed by atoms with Crippen LogP contribution in [-0.4, -0.2) is 38.3 Å². The summed E-state index contributed by atoms with van der Waals surface area (Å²) in [5.74, 6) is -0.753. The van der Waals surface area contributed by atoms with E-state index in [0.717, 1.165) is 0 Å². The molecule has 8 nitrogen and oxygen atoms in total. The number of hydrogen-bond acceptors (Lipinski definition) is 5. The fraction of sp³-hybridized carbons (Fsp3) is 0.333. The lowest BCUT2D eigenvalue weighted by Gasteiger charge is -2.00. The number of amides is 1. The molecule has 0 bridgehead atoms. The summed E-state index contributed by atoms with van der Waals surface area (Å²) in [6.07, 6.45) is 3.16. The van der Waals surface area contributed by atoms with Gasteiger partial charge in [-0.05, 0) is 6.92 Å². The number of nitrogens with one attached hydrogen (secondary N) is 1. The van der Waals surface area contributed by atoms with E-state index in [1.807, 2.05) is 0 Å².